The highest BCUT2D eigenvalue weighted by Crippen LogP contribution is 2.29. The Balaban J connectivity index is 1.75. The summed E-state index contributed by atoms with van der Waals surface area (Å²) in [5.41, 5.74) is 6.70. The molecule has 1 aliphatic rings. The molecule has 1 aromatic rings. The Labute approximate surface area is 115 Å². The van der Waals surface area contributed by atoms with Gasteiger partial charge in [-0.25, -0.2) is 0 Å². The quantitative estimate of drug-likeness (QED) is 0.723. The van der Waals surface area contributed by atoms with Crippen LogP contribution >= 0.6 is 0 Å². The molecule has 0 unspecified atom stereocenters. The molecule has 1 saturated carbocycles. The van der Waals surface area contributed by atoms with E-state index < -0.39 is 0 Å². The fourth-order valence-electron chi connectivity index (χ4n) is 2.08. The summed E-state index contributed by atoms with van der Waals surface area (Å²) >= 11 is 0. The van der Waals surface area contributed by atoms with Gasteiger partial charge in [0.1, 0.15) is 12.4 Å². The maximum Gasteiger partial charge on any atom is 0.119 e. The predicted octanol–water partition coefficient (Wildman–Crippen LogP) is 1.87. The van der Waals surface area contributed by atoms with Gasteiger partial charge in [-0.3, -0.25) is 4.90 Å². The monoisotopic (exact) mass is 258 g/mol. The maximum atomic E-state index is 5.76. The summed E-state index contributed by atoms with van der Waals surface area (Å²) in [5.74, 6) is 4.46. The summed E-state index contributed by atoms with van der Waals surface area (Å²) in [4.78, 5) is 2.30. The number of rotatable bonds is 8. The Morgan fingerprint density at radius 1 is 1.42 bits per heavy atom. The van der Waals surface area contributed by atoms with Gasteiger partial charge in [0.05, 0.1) is 6.54 Å². The molecule has 0 bridgehead atoms. The SMILES string of the molecule is C#CCN(CCOc1cccc(CN)c1)CC1CC1. The number of nitrogens with zero attached hydrogens (tertiary/aromatic N) is 1. The number of benzene rings is 1. The van der Waals surface area contributed by atoms with Gasteiger partial charge in [-0.15, -0.1) is 6.42 Å². The van der Waals surface area contributed by atoms with Crippen LogP contribution in [-0.4, -0.2) is 31.1 Å². The van der Waals surface area contributed by atoms with Crippen LogP contribution in [0, 0.1) is 18.3 Å². The molecule has 1 aliphatic carbocycles. The van der Waals surface area contributed by atoms with E-state index in [-0.39, 0.29) is 0 Å². The van der Waals surface area contributed by atoms with Crippen molar-refractivity contribution in [3.8, 4) is 18.1 Å². The van der Waals surface area contributed by atoms with Crippen LogP contribution in [0.2, 0.25) is 0 Å². The van der Waals surface area contributed by atoms with Crippen LogP contribution in [0.1, 0.15) is 18.4 Å². The lowest BCUT2D eigenvalue weighted by Crippen LogP contribution is -2.30. The minimum Gasteiger partial charge on any atom is -0.492 e. The fraction of sp³-hybridized carbons (Fsp3) is 0.500. The van der Waals surface area contributed by atoms with Crippen molar-refractivity contribution in [2.45, 2.75) is 19.4 Å². The molecule has 0 amide bonds. The standard InChI is InChI=1S/C16H22N2O/c1-2-8-18(13-14-6-7-14)9-10-19-16-5-3-4-15(11-16)12-17/h1,3-5,11,14H,6-10,12-13,17H2. The van der Waals surface area contributed by atoms with Crippen molar-refractivity contribution in [2.24, 2.45) is 11.7 Å². The Bertz CT molecular complexity index is 435. The Kier molecular flexibility index (Phi) is 5.26. The molecular formula is C16H22N2O. The average Bonchev–Trinajstić information content (AvgIpc) is 3.23. The number of nitrogens with two attached hydrogens (primary N) is 1. The number of terminal acetylenes is 1. The van der Waals surface area contributed by atoms with Crippen LogP contribution in [0.25, 0.3) is 0 Å². The average molecular weight is 258 g/mol. The first-order chi connectivity index (χ1) is 9.31. The molecule has 0 saturated heterocycles. The third-order valence-electron chi connectivity index (χ3n) is 3.34. The molecule has 2 rings (SSSR count). The van der Waals surface area contributed by atoms with Crippen LogP contribution in [-0.2, 0) is 6.54 Å². The van der Waals surface area contributed by atoms with Crippen LogP contribution in [0.3, 0.4) is 0 Å². The molecule has 3 nitrogen and oxygen atoms in total. The van der Waals surface area contributed by atoms with Crippen molar-refractivity contribution in [1.82, 2.24) is 4.90 Å². The minimum atomic E-state index is 0.544. The highest BCUT2D eigenvalue weighted by atomic mass is 16.5. The van der Waals surface area contributed by atoms with Crippen LogP contribution in [0.4, 0.5) is 0 Å². The molecule has 19 heavy (non-hydrogen) atoms. The van der Waals surface area contributed by atoms with E-state index in [1.807, 2.05) is 24.3 Å². The van der Waals surface area contributed by atoms with Crippen molar-refractivity contribution in [2.75, 3.05) is 26.2 Å². The van der Waals surface area contributed by atoms with Crippen molar-refractivity contribution in [1.29, 1.82) is 0 Å². The summed E-state index contributed by atoms with van der Waals surface area (Å²) in [6.45, 7) is 3.91. The second-order valence-electron chi connectivity index (χ2n) is 5.08. The lowest BCUT2D eigenvalue weighted by Gasteiger charge is -2.19. The Hall–Kier alpha value is -1.50. The number of ether oxygens (including phenoxy) is 1. The second-order valence-corrected chi connectivity index (χ2v) is 5.08. The van der Waals surface area contributed by atoms with E-state index in [1.165, 1.54) is 12.8 Å². The van der Waals surface area contributed by atoms with Crippen molar-refractivity contribution in [3.05, 3.63) is 29.8 Å². The number of hydrogen-bond donors (Lipinski definition) is 1. The first kappa shape index (κ1) is 13.9. The minimum absolute atomic E-state index is 0.544. The van der Waals surface area contributed by atoms with Gasteiger partial charge >= 0.3 is 0 Å². The molecule has 0 aliphatic heterocycles. The van der Waals surface area contributed by atoms with E-state index in [1.54, 1.807) is 0 Å². The number of hydrogen-bond acceptors (Lipinski definition) is 3. The normalized spacial score (nSPS) is 14.4. The maximum absolute atomic E-state index is 5.76. The van der Waals surface area contributed by atoms with E-state index in [4.69, 9.17) is 16.9 Å². The van der Waals surface area contributed by atoms with Gasteiger partial charge in [-0.05, 0) is 36.5 Å². The third kappa shape index (κ3) is 4.94. The molecular weight excluding hydrogens is 236 g/mol. The zero-order chi connectivity index (χ0) is 13.5. The summed E-state index contributed by atoms with van der Waals surface area (Å²) in [6, 6.07) is 7.93. The van der Waals surface area contributed by atoms with Crippen LogP contribution < -0.4 is 10.5 Å². The van der Waals surface area contributed by atoms with Gasteiger partial charge in [-0.2, -0.15) is 0 Å². The Morgan fingerprint density at radius 3 is 2.95 bits per heavy atom. The molecule has 3 heteroatoms. The Morgan fingerprint density at radius 2 is 2.26 bits per heavy atom. The zero-order valence-electron chi connectivity index (χ0n) is 11.3. The van der Waals surface area contributed by atoms with Gasteiger partial charge in [0.25, 0.3) is 0 Å². The van der Waals surface area contributed by atoms with Gasteiger partial charge in [-0.1, -0.05) is 18.1 Å². The van der Waals surface area contributed by atoms with Crippen molar-refractivity contribution < 1.29 is 4.74 Å². The molecule has 1 fully saturated rings. The van der Waals surface area contributed by atoms with Gasteiger partial charge in [0.2, 0.25) is 0 Å². The summed E-state index contributed by atoms with van der Waals surface area (Å²) in [5, 5.41) is 0. The van der Waals surface area contributed by atoms with E-state index >= 15 is 0 Å². The zero-order valence-corrected chi connectivity index (χ0v) is 11.3. The fourth-order valence-corrected chi connectivity index (χ4v) is 2.08. The van der Waals surface area contributed by atoms with Gasteiger partial charge < -0.3 is 10.5 Å². The smallest absolute Gasteiger partial charge is 0.119 e. The molecule has 102 valence electrons. The van der Waals surface area contributed by atoms with Crippen molar-refractivity contribution in [3.63, 3.8) is 0 Å². The first-order valence-electron chi connectivity index (χ1n) is 6.89. The lowest BCUT2D eigenvalue weighted by atomic mass is 10.2. The highest BCUT2D eigenvalue weighted by Gasteiger charge is 2.23. The van der Waals surface area contributed by atoms with Gasteiger partial charge in [0.15, 0.2) is 0 Å². The van der Waals surface area contributed by atoms with Crippen molar-refractivity contribution >= 4 is 0 Å². The molecule has 0 heterocycles. The van der Waals surface area contributed by atoms with E-state index in [0.717, 1.165) is 30.3 Å². The highest BCUT2D eigenvalue weighted by molar-refractivity contribution is 5.28. The van der Waals surface area contributed by atoms with E-state index in [2.05, 4.69) is 10.8 Å². The lowest BCUT2D eigenvalue weighted by molar-refractivity contribution is 0.219. The molecule has 0 atom stereocenters. The summed E-state index contributed by atoms with van der Waals surface area (Å²) in [6.07, 6.45) is 8.10. The molecule has 0 radical (unpaired) electrons. The second kappa shape index (κ2) is 7.18. The van der Waals surface area contributed by atoms with E-state index in [0.29, 0.717) is 19.7 Å². The third-order valence-corrected chi connectivity index (χ3v) is 3.34. The van der Waals surface area contributed by atoms with Gasteiger partial charge in [0, 0.05) is 19.6 Å². The molecule has 0 aromatic heterocycles. The summed E-state index contributed by atoms with van der Waals surface area (Å²) in [7, 11) is 0. The molecule has 0 spiro atoms. The first-order valence-corrected chi connectivity index (χ1v) is 6.89. The van der Waals surface area contributed by atoms with Crippen LogP contribution in [0.15, 0.2) is 24.3 Å². The summed E-state index contributed by atoms with van der Waals surface area (Å²) < 4.78 is 5.76. The van der Waals surface area contributed by atoms with Crippen LogP contribution in [0.5, 0.6) is 5.75 Å². The predicted molar refractivity (Wildman–Crippen MR) is 77.8 cm³/mol. The topological polar surface area (TPSA) is 38.5 Å². The molecule has 2 N–H and O–H groups in total. The van der Waals surface area contributed by atoms with E-state index in [9.17, 15) is 0 Å². The molecule has 1 aromatic carbocycles. The largest absolute Gasteiger partial charge is 0.492 e.